The number of hydrogen-bond donors (Lipinski definition) is 1. The van der Waals surface area contributed by atoms with Crippen molar-refractivity contribution in [2.75, 3.05) is 6.61 Å². The largest absolute Gasteiger partial charge is 0.490 e. The van der Waals surface area contributed by atoms with Crippen LogP contribution in [0.2, 0.25) is 5.02 Å². The molecule has 0 atom stereocenters. The average Bonchev–Trinajstić information content (AvgIpc) is 3.12. The van der Waals surface area contributed by atoms with Crippen LogP contribution in [0.4, 0.5) is 4.39 Å². The molecule has 1 aromatic heterocycles. The molecule has 0 fully saturated rings. The van der Waals surface area contributed by atoms with Gasteiger partial charge in [0.05, 0.1) is 22.7 Å². The number of fused-ring (bicyclic) bond motifs is 1. The van der Waals surface area contributed by atoms with E-state index in [1.165, 1.54) is 11.6 Å². The Labute approximate surface area is 173 Å². The zero-order chi connectivity index (χ0) is 20.4. The highest BCUT2D eigenvalue weighted by atomic mass is 35.5. The van der Waals surface area contributed by atoms with Crippen LogP contribution in [0.3, 0.4) is 0 Å². The van der Waals surface area contributed by atoms with Crippen molar-refractivity contribution in [2.45, 2.75) is 20.5 Å². The third-order valence-corrected chi connectivity index (χ3v) is 4.94. The highest BCUT2D eigenvalue weighted by molar-refractivity contribution is 6.31. The molecule has 148 valence electrons. The standard InChI is InChI=1S/C23H20ClFN2O2/c1-3-28-22-12-15(23-26-19-9-7-14(2)11-20(19)27-23)8-10-21(22)29-13-16-17(24)5-4-6-18(16)25/h4-12H,3,13H2,1-2H3,(H,26,27). The first kappa shape index (κ1) is 19.3. The molecule has 3 aromatic carbocycles. The van der Waals surface area contributed by atoms with Gasteiger partial charge < -0.3 is 14.5 Å². The number of aromatic nitrogens is 2. The van der Waals surface area contributed by atoms with Gasteiger partial charge in [-0.25, -0.2) is 9.37 Å². The van der Waals surface area contributed by atoms with Gasteiger partial charge in [0.15, 0.2) is 11.5 Å². The third-order valence-electron chi connectivity index (χ3n) is 4.59. The van der Waals surface area contributed by atoms with Gasteiger partial charge in [0.25, 0.3) is 0 Å². The van der Waals surface area contributed by atoms with Gasteiger partial charge >= 0.3 is 0 Å². The van der Waals surface area contributed by atoms with Crippen molar-refractivity contribution < 1.29 is 13.9 Å². The van der Waals surface area contributed by atoms with Gasteiger partial charge in [-0.15, -0.1) is 0 Å². The van der Waals surface area contributed by atoms with Gasteiger partial charge in [-0.2, -0.15) is 0 Å². The van der Waals surface area contributed by atoms with Gasteiger partial charge in [0.1, 0.15) is 18.2 Å². The highest BCUT2D eigenvalue weighted by Gasteiger charge is 2.13. The van der Waals surface area contributed by atoms with Crippen molar-refractivity contribution in [1.29, 1.82) is 0 Å². The van der Waals surface area contributed by atoms with E-state index in [0.717, 1.165) is 22.4 Å². The van der Waals surface area contributed by atoms with E-state index in [4.69, 9.17) is 21.1 Å². The van der Waals surface area contributed by atoms with E-state index in [2.05, 4.69) is 16.0 Å². The number of halogens is 2. The molecule has 0 bridgehead atoms. The van der Waals surface area contributed by atoms with Gasteiger partial charge in [-0.3, -0.25) is 0 Å². The van der Waals surface area contributed by atoms with E-state index >= 15 is 0 Å². The van der Waals surface area contributed by atoms with Crippen molar-refractivity contribution in [3.63, 3.8) is 0 Å². The molecule has 4 rings (SSSR count). The third kappa shape index (κ3) is 4.05. The molecule has 0 radical (unpaired) electrons. The first-order valence-corrected chi connectivity index (χ1v) is 9.72. The van der Waals surface area contributed by atoms with E-state index in [1.807, 2.05) is 38.1 Å². The summed E-state index contributed by atoms with van der Waals surface area (Å²) in [5, 5.41) is 0.331. The van der Waals surface area contributed by atoms with Crippen LogP contribution in [0.1, 0.15) is 18.1 Å². The van der Waals surface area contributed by atoms with Crippen LogP contribution in [0.15, 0.2) is 54.6 Å². The first-order chi connectivity index (χ1) is 14.0. The summed E-state index contributed by atoms with van der Waals surface area (Å²) in [6, 6.07) is 16.2. The van der Waals surface area contributed by atoms with E-state index in [9.17, 15) is 4.39 Å². The lowest BCUT2D eigenvalue weighted by atomic mass is 10.2. The number of nitrogens with zero attached hydrogens (tertiary/aromatic N) is 1. The number of aryl methyl sites for hydroxylation is 1. The lowest BCUT2D eigenvalue weighted by Crippen LogP contribution is -2.02. The summed E-state index contributed by atoms with van der Waals surface area (Å²) in [4.78, 5) is 7.99. The van der Waals surface area contributed by atoms with Gasteiger partial charge in [0, 0.05) is 11.1 Å². The Morgan fingerprint density at radius 2 is 1.90 bits per heavy atom. The molecule has 6 heteroatoms. The van der Waals surface area contributed by atoms with Crippen molar-refractivity contribution in [2.24, 2.45) is 0 Å². The quantitative estimate of drug-likeness (QED) is 0.405. The topological polar surface area (TPSA) is 47.1 Å². The van der Waals surface area contributed by atoms with Crippen LogP contribution in [0.5, 0.6) is 11.5 Å². The molecule has 0 aliphatic heterocycles. The van der Waals surface area contributed by atoms with Crippen LogP contribution >= 0.6 is 11.6 Å². The number of ether oxygens (including phenoxy) is 2. The molecule has 1 N–H and O–H groups in total. The monoisotopic (exact) mass is 410 g/mol. The summed E-state index contributed by atoms with van der Waals surface area (Å²) in [6.07, 6.45) is 0. The number of benzene rings is 3. The van der Waals surface area contributed by atoms with Gasteiger partial charge in [-0.1, -0.05) is 23.7 Å². The van der Waals surface area contributed by atoms with Gasteiger partial charge in [-0.05, 0) is 61.9 Å². The van der Waals surface area contributed by atoms with Crippen molar-refractivity contribution in [3.05, 3.63) is 76.6 Å². The van der Waals surface area contributed by atoms with Crippen molar-refractivity contribution >= 4 is 22.6 Å². The Bertz CT molecular complexity index is 1150. The molecule has 0 unspecified atom stereocenters. The second kappa shape index (κ2) is 8.13. The molecule has 4 nitrogen and oxygen atoms in total. The summed E-state index contributed by atoms with van der Waals surface area (Å²) < 4.78 is 25.6. The number of H-pyrrole nitrogens is 1. The lowest BCUT2D eigenvalue weighted by molar-refractivity contribution is 0.266. The molecule has 0 saturated heterocycles. The number of aromatic amines is 1. The Kier molecular flexibility index (Phi) is 5.41. The number of nitrogens with one attached hydrogen (secondary N) is 1. The molecule has 0 spiro atoms. The minimum Gasteiger partial charge on any atom is -0.490 e. The van der Waals surface area contributed by atoms with E-state index in [0.29, 0.717) is 28.7 Å². The first-order valence-electron chi connectivity index (χ1n) is 9.34. The maximum Gasteiger partial charge on any atom is 0.161 e. The molecule has 0 saturated carbocycles. The van der Waals surface area contributed by atoms with Gasteiger partial charge in [0.2, 0.25) is 0 Å². The zero-order valence-electron chi connectivity index (χ0n) is 16.1. The number of rotatable bonds is 6. The molecule has 1 heterocycles. The van der Waals surface area contributed by atoms with E-state index < -0.39 is 5.82 Å². The maximum absolute atomic E-state index is 14.0. The average molecular weight is 411 g/mol. The van der Waals surface area contributed by atoms with Crippen molar-refractivity contribution in [3.8, 4) is 22.9 Å². The fraction of sp³-hybridized carbons (Fsp3) is 0.174. The SMILES string of the molecule is CCOc1cc(-c2nc3ccc(C)cc3[nH]2)ccc1OCc1c(F)cccc1Cl. The van der Waals surface area contributed by atoms with Crippen LogP contribution in [-0.2, 0) is 6.61 Å². The van der Waals surface area contributed by atoms with Crippen LogP contribution in [0.25, 0.3) is 22.4 Å². The minimum atomic E-state index is -0.398. The molecule has 29 heavy (non-hydrogen) atoms. The van der Waals surface area contributed by atoms with Crippen LogP contribution < -0.4 is 9.47 Å². The Morgan fingerprint density at radius 3 is 2.69 bits per heavy atom. The highest BCUT2D eigenvalue weighted by Crippen LogP contribution is 2.34. The second-order valence-corrected chi connectivity index (χ2v) is 7.10. The number of imidazole rings is 1. The summed E-state index contributed by atoms with van der Waals surface area (Å²) in [5.41, 5.74) is 4.23. The maximum atomic E-state index is 14.0. The fourth-order valence-electron chi connectivity index (χ4n) is 3.12. The summed E-state index contributed by atoms with van der Waals surface area (Å²) in [7, 11) is 0. The minimum absolute atomic E-state index is 0.00877. The Morgan fingerprint density at radius 1 is 1.03 bits per heavy atom. The Balaban J connectivity index is 1.63. The van der Waals surface area contributed by atoms with Crippen LogP contribution in [0, 0.1) is 12.7 Å². The second-order valence-electron chi connectivity index (χ2n) is 6.69. The summed E-state index contributed by atoms with van der Waals surface area (Å²) >= 11 is 6.09. The smallest absolute Gasteiger partial charge is 0.161 e. The lowest BCUT2D eigenvalue weighted by Gasteiger charge is -2.14. The molecule has 0 aliphatic rings. The fourth-order valence-corrected chi connectivity index (χ4v) is 3.34. The molecular formula is C23H20ClFN2O2. The molecule has 0 aliphatic carbocycles. The van der Waals surface area contributed by atoms with Crippen molar-refractivity contribution in [1.82, 2.24) is 9.97 Å². The molecule has 0 amide bonds. The zero-order valence-corrected chi connectivity index (χ0v) is 16.9. The Hall–Kier alpha value is -3.05. The molecular weight excluding hydrogens is 391 g/mol. The van der Waals surface area contributed by atoms with E-state index in [-0.39, 0.29) is 6.61 Å². The molecule has 4 aromatic rings. The van der Waals surface area contributed by atoms with E-state index in [1.54, 1.807) is 18.2 Å². The number of hydrogen-bond acceptors (Lipinski definition) is 3. The summed E-state index contributed by atoms with van der Waals surface area (Å²) in [6.45, 7) is 4.42. The predicted octanol–water partition coefficient (Wildman–Crippen LogP) is 6.31. The predicted molar refractivity (Wildman–Crippen MR) is 113 cm³/mol. The van der Waals surface area contributed by atoms with Crippen LogP contribution in [-0.4, -0.2) is 16.6 Å². The normalized spacial score (nSPS) is 11.0. The summed E-state index contributed by atoms with van der Waals surface area (Å²) in [5.74, 6) is 1.43.